The van der Waals surface area contributed by atoms with Crippen LogP contribution in [-0.4, -0.2) is 42.0 Å². The van der Waals surface area contributed by atoms with E-state index in [-0.39, 0.29) is 18.9 Å². The molecule has 23 heavy (non-hydrogen) atoms. The predicted molar refractivity (Wildman–Crippen MR) is 84.6 cm³/mol. The average Bonchev–Trinajstić information content (AvgIpc) is 2.56. The molecule has 2 aromatic rings. The molecule has 6 nitrogen and oxygen atoms in total. The van der Waals surface area contributed by atoms with E-state index in [2.05, 4.69) is 4.98 Å². The van der Waals surface area contributed by atoms with E-state index in [9.17, 15) is 9.59 Å². The Balaban J connectivity index is 2.10. The molecular formula is C17H17N3O3. The van der Waals surface area contributed by atoms with E-state index in [0.717, 1.165) is 0 Å². The number of ether oxygens (including phenoxy) is 1. The molecule has 1 aromatic carbocycles. The van der Waals surface area contributed by atoms with E-state index in [1.165, 1.54) is 4.90 Å². The number of esters is 1. The standard InChI is InChI=1S/C17H17N3O3/c1-12-10-14(13-6-3-4-7-15(13)19-12)17(22)23-11-16(21)20(2)9-5-8-18/h3-4,6-7,10H,5,9,11H2,1-2H3. The SMILES string of the molecule is Cc1cc(C(=O)OCC(=O)N(C)CCC#N)c2ccccc2n1. The number of fused-ring (bicyclic) bond motifs is 1. The first-order valence-corrected chi connectivity index (χ1v) is 7.17. The molecule has 0 fully saturated rings. The number of hydrogen-bond donors (Lipinski definition) is 0. The molecule has 0 unspecified atom stereocenters. The third-order valence-corrected chi connectivity index (χ3v) is 3.38. The van der Waals surface area contributed by atoms with Crippen LogP contribution in [0.4, 0.5) is 0 Å². The van der Waals surface area contributed by atoms with Gasteiger partial charge in [0, 0.05) is 24.7 Å². The van der Waals surface area contributed by atoms with E-state index in [1.807, 2.05) is 24.3 Å². The van der Waals surface area contributed by atoms with Crippen molar-refractivity contribution in [2.75, 3.05) is 20.2 Å². The lowest BCUT2D eigenvalue weighted by Gasteiger charge is -2.15. The average molecular weight is 311 g/mol. The summed E-state index contributed by atoms with van der Waals surface area (Å²) in [4.78, 5) is 29.9. The Morgan fingerprint density at radius 3 is 2.83 bits per heavy atom. The maximum atomic E-state index is 12.3. The van der Waals surface area contributed by atoms with Crippen molar-refractivity contribution in [1.82, 2.24) is 9.88 Å². The number of rotatable bonds is 5. The zero-order chi connectivity index (χ0) is 16.8. The molecule has 0 saturated carbocycles. The Kier molecular flexibility index (Phi) is 5.26. The van der Waals surface area contributed by atoms with Crippen molar-refractivity contribution in [2.24, 2.45) is 0 Å². The van der Waals surface area contributed by atoms with Crippen LogP contribution in [0.25, 0.3) is 10.9 Å². The summed E-state index contributed by atoms with van der Waals surface area (Å²) < 4.78 is 5.11. The van der Waals surface area contributed by atoms with Crippen LogP contribution < -0.4 is 0 Å². The first-order chi connectivity index (χ1) is 11.0. The van der Waals surface area contributed by atoms with Gasteiger partial charge in [-0.05, 0) is 19.1 Å². The van der Waals surface area contributed by atoms with Crippen LogP contribution in [0.3, 0.4) is 0 Å². The number of para-hydroxylation sites is 1. The number of hydrogen-bond acceptors (Lipinski definition) is 5. The molecule has 1 heterocycles. The Hall–Kier alpha value is -2.94. The summed E-state index contributed by atoms with van der Waals surface area (Å²) in [6.45, 7) is 1.75. The minimum atomic E-state index is -0.561. The van der Waals surface area contributed by atoms with Crippen LogP contribution in [-0.2, 0) is 9.53 Å². The first-order valence-electron chi connectivity index (χ1n) is 7.17. The van der Waals surface area contributed by atoms with Crippen LogP contribution in [0, 0.1) is 18.3 Å². The maximum Gasteiger partial charge on any atom is 0.339 e. The second-order valence-electron chi connectivity index (χ2n) is 5.13. The second-order valence-corrected chi connectivity index (χ2v) is 5.13. The number of nitriles is 1. The molecule has 0 radical (unpaired) electrons. The van der Waals surface area contributed by atoms with Gasteiger partial charge in [-0.1, -0.05) is 18.2 Å². The van der Waals surface area contributed by atoms with Crippen molar-refractivity contribution in [3.05, 3.63) is 41.6 Å². The van der Waals surface area contributed by atoms with Gasteiger partial charge >= 0.3 is 5.97 Å². The van der Waals surface area contributed by atoms with E-state index in [4.69, 9.17) is 10.00 Å². The van der Waals surface area contributed by atoms with Gasteiger partial charge in [0.25, 0.3) is 5.91 Å². The zero-order valence-electron chi connectivity index (χ0n) is 13.1. The quantitative estimate of drug-likeness (QED) is 0.789. The van der Waals surface area contributed by atoms with Gasteiger partial charge in [0.1, 0.15) is 0 Å². The number of nitrogens with zero attached hydrogens (tertiary/aromatic N) is 3. The molecule has 0 saturated heterocycles. The Morgan fingerprint density at radius 2 is 2.09 bits per heavy atom. The number of aryl methyl sites for hydroxylation is 1. The van der Waals surface area contributed by atoms with Crippen molar-refractivity contribution in [3.8, 4) is 6.07 Å². The lowest BCUT2D eigenvalue weighted by Crippen LogP contribution is -2.32. The number of benzene rings is 1. The number of carbonyl (C=O) groups excluding carboxylic acids is 2. The third kappa shape index (κ3) is 4.04. The molecule has 0 aliphatic carbocycles. The molecule has 0 aliphatic heterocycles. The van der Waals surface area contributed by atoms with Gasteiger partial charge in [-0.2, -0.15) is 5.26 Å². The first kappa shape index (κ1) is 16.4. The molecule has 0 aliphatic rings. The van der Waals surface area contributed by atoms with Gasteiger partial charge in [0.05, 0.1) is 23.6 Å². The molecule has 1 amide bonds. The van der Waals surface area contributed by atoms with Crippen molar-refractivity contribution in [2.45, 2.75) is 13.3 Å². The van der Waals surface area contributed by atoms with E-state index < -0.39 is 5.97 Å². The molecule has 0 N–H and O–H groups in total. The summed E-state index contributed by atoms with van der Waals surface area (Å²) in [6, 6.07) is 10.9. The molecule has 0 atom stereocenters. The maximum absolute atomic E-state index is 12.3. The summed E-state index contributed by atoms with van der Waals surface area (Å²) in [5.41, 5.74) is 1.80. The van der Waals surface area contributed by atoms with Gasteiger partial charge in [0.2, 0.25) is 0 Å². The van der Waals surface area contributed by atoms with Crippen LogP contribution >= 0.6 is 0 Å². The van der Waals surface area contributed by atoms with Crippen LogP contribution in [0.1, 0.15) is 22.5 Å². The van der Waals surface area contributed by atoms with Crippen molar-refractivity contribution in [1.29, 1.82) is 5.26 Å². The van der Waals surface area contributed by atoms with Crippen molar-refractivity contribution < 1.29 is 14.3 Å². The van der Waals surface area contributed by atoms with Crippen LogP contribution in [0.5, 0.6) is 0 Å². The summed E-state index contributed by atoms with van der Waals surface area (Å²) in [7, 11) is 1.57. The number of pyridine rings is 1. The topological polar surface area (TPSA) is 83.3 Å². The highest BCUT2D eigenvalue weighted by atomic mass is 16.5. The fraction of sp³-hybridized carbons (Fsp3) is 0.294. The van der Waals surface area contributed by atoms with E-state index >= 15 is 0 Å². The largest absolute Gasteiger partial charge is 0.452 e. The van der Waals surface area contributed by atoms with Gasteiger partial charge in [-0.25, -0.2) is 4.79 Å². The van der Waals surface area contributed by atoms with Crippen LogP contribution in [0.15, 0.2) is 30.3 Å². The molecule has 118 valence electrons. The lowest BCUT2D eigenvalue weighted by atomic mass is 10.1. The molecule has 2 rings (SSSR count). The Bertz CT molecular complexity index is 780. The van der Waals surface area contributed by atoms with E-state index in [0.29, 0.717) is 28.7 Å². The lowest BCUT2D eigenvalue weighted by molar-refractivity contribution is -0.133. The van der Waals surface area contributed by atoms with Gasteiger partial charge in [0.15, 0.2) is 6.61 Å². The van der Waals surface area contributed by atoms with Gasteiger partial charge in [-0.15, -0.1) is 0 Å². The highest BCUT2D eigenvalue weighted by Gasteiger charge is 2.16. The van der Waals surface area contributed by atoms with Crippen molar-refractivity contribution >= 4 is 22.8 Å². The number of carbonyl (C=O) groups is 2. The van der Waals surface area contributed by atoms with E-state index in [1.54, 1.807) is 26.1 Å². The predicted octanol–water partition coefficient (Wildman–Crippen LogP) is 2.07. The summed E-state index contributed by atoms with van der Waals surface area (Å²) >= 11 is 0. The highest BCUT2D eigenvalue weighted by Crippen LogP contribution is 2.19. The highest BCUT2D eigenvalue weighted by molar-refractivity contribution is 6.04. The number of likely N-dealkylation sites (N-methyl/N-ethyl adjacent to an activating group) is 1. The Morgan fingerprint density at radius 1 is 1.35 bits per heavy atom. The van der Waals surface area contributed by atoms with Gasteiger partial charge < -0.3 is 9.64 Å². The van der Waals surface area contributed by atoms with Crippen molar-refractivity contribution in [3.63, 3.8) is 0 Å². The monoisotopic (exact) mass is 311 g/mol. The summed E-state index contributed by atoms with van der Waals surface area (Å²) in [6.07, 6.45) is 0.240. The Labute approximate surface area is 134 Å². The smallest absolute Gasteiger partial charge is 0.339 e. The fourth-order valence-corrected chi connectivity index (χ4v) is 2.13. The third-order valence-electron chi connectivity index (χ3n) is 3.38. The van der Waals surface area contributed by atoms with Gasteiger partial charge in [-0.3, -0.25) is 9.78 Å². The van der Waals surface area contributed by atoms with Crippen LogP contribution in [0.2, 0.25) is 0 Å². The summed E-state index contributed by atoms with van der Waals surface area (Å²) in [5, 5.41) is 9.20. The molecule has 0 spiro atoms. The summed E-state index contributed by atoms with van der Waals surface area (Å²) in [5.74, 6) is -0.905. The normalized spacial score (nSPS) is 10.1. The zero-order valence-corrected chi connectivity index (χ0v) is 13.1. The fourth-order valence-electron chi connectivity index (χ4n) is 2.13. The molecule has 0 bridgehead atoms. The minimum absolute atomic E-state index is 0.240. The number of amides is 1. The minimum Gasteiger partial charge on any atom is -0.452 e. The number of aromatic nitrogens is 1. The molecule has 6 heteroatoms. The molecule has 1 aromatic heterocycles. The second kappa shape index (κ2) is 7.36. The molecular weight excluding hydrogens is 294 g/mol.